The van der Waals surface area contributed by atoms with E-state index in [1.807, 2.05) is 20.8 Å². The fourth-order valence-corrected chi connectivity index (χ4v) is 1.94. The van der Waals surface area contributed by atoms with E-state index >= 15 is 0 Å². The van der Waals surface area contributed by atoms with Gasteiger partial charge in [0.15, 0.2) is 5.96 Å². The molecule has 1 atom stereocenters. The maximum absolute atomic E-state index is 12.7. The molecule has 0 spiro atoms. The average molecular weight is 315 g/mol. The van der Waals surface area contributed by atoms with Gasteiger partial charge in [-0.3, -0.25) is 4.99 Å². The van der Waals surface area contributed by atoms with Crippen molar-refractivity contribution in [1.29, 1.82) is 0 Å². The number of nitrogens with two attached hydrogens (primary N) is 1. The smallest absolute Gasteiger partial charge is 0.370 e. The minimum Gasteiger partial charge on any atom is -0.370 e. The molecule has 0 radical (unpaired) electrons. The molecule has 0 amide bonds. The molecule has 1 rings (SSSR count). The second kappa shape index (κ2) is 8.06. The summed E-state index contributed by atoms with van der Waals surface area (Å²) in [4.78, 5) is 4.17. The molecule has 0 heterocycles. The first-order valence-electron chi connectivity index (χ1n) is 7.41. The van der Waals surface area contributed by atoms with E-state index in [1.165, 1.54) is 12.1 Å². The van der Waals surface area contributed by atoms with Gasteiger partial charge in [0.05, 0.1) is 5.56 Å². The zero-order chi connectivity index (χ0) is 16.8. The molecular weight excluding hydrogens is 291 g/mol. The van der Waals surface area contributed by atoms with Gasteiger partial charge < -0.3 is 11.1 Å². The van der Waals surface area contributed by atoms with Crippen molar-refractivity contribution in [3.8, 4) is 0 Å². The molecule has 0 saturated carbocycles. The van der Waals surface area contributed by atoms with Crippen LogP contribution in [0.4, 0.5) is 13.2 Å². The monoisotopic (exact) mass is 315 g/mol. The topological polar surface area (TPSA) is 50.4 Å². The number of guanidine groups is 1. The third kappa shape index (κ3) is 6.37. The summed E-state index contributed by atoms with van der Waals surface area (Å²) in [6.45, 7) is 7.23. The van der Waals surface area contributed by atoms with Gasteiger partial charge >= 0.3 is 6.18 Å². The minimum atomic E-state index is -4.30. The Kier molecular flexibility index (Phi) is 6.71. The molecule has 0 aliphatic heterocycles. The van der Waals surface area contributed by atoms with Crippen LogP contribution in [0.2, 0.25) is 0 Å². The highest BCUT2D eigenvalue weighted by Crippen LogP contribution is 2.31. The van der Waals surface area contributed by atoms with Gasteiger partial charge in [-0.2, -0.15) is 13.2 Å². The molecule has 0 bridgehead atoms. The van der Waals surface area contributed by atoms with Crippen molar-refractivity contribution in [3.05, 3.63) is 35.4 Å². The Bertz CT molecular complexity index is 496. The Morgan fingerprint density at radius 2 is 1.95 bits per heavy atom. The van der Waals surface area contributed by atoms with E-state index < -0.39 is 11.7 Å². The first kappa shape index (κ1) is 18.3. The SMILES string of the molecule is CC(C)CN=C(N)NCCC(C)c1cccc(C(F)(F)F)c1. The van der Waals surface area contributed by atoms with Gasteiger partial charge in [0.25, 0.3) is 0 Å². The number of halogens is 3. The van der Waals surface area contributed by atoms with Gasteiger partial charge in [0.1, 0.15) is 0 Å². The van der Waals surface area contributed by atoms with Gasteiger partial charge in [0, 0.05) is 13.1 Å². The van der Waals surface area contributed by atoms with Gasteiger partial charge in [-0.25, -0.2) is 0 Å². The molecule has 1 aromatic rings. The van der Waals surface area contributed by atoms with E-state index in [0.29, 0.717) is 37.0 Å². The van der Waals surface area contributed by atoms with Gasteiger partial charge in [-0.15, -0.1) is 0 Å². The molecule has 0 aliphatic carbocycles. The van der Waals surface area contributed by atoms with Crippen molar-refractivity contribution < 1.29 is 13.2 Å². The van der Waals surface area contributed by atoms with Crippen LogP contribution < -0.4 is 11.1 Å². The number of rotatable bonds is 6. The molecule has 1 unspecified atom stereocenters. The minimum absolute atomic E-state index is 0.00713. The van der Waals surface area contributed by atoms with Crippen molar-refractivity contribution in [2.24, 2.45) is 16.6 Å². The Labute approximate surface area is 129 Å². The number of benzene rings is 1. The summed E-state index contributed by atoms with van der Waals surface area (Å²) >= 11 is 0. The van der Waals surface area contributed by atoms with Crippen LogP contribution in [0.1, 0.15) is 44.2 Å². The van der Waals surface area contributed by atoms with Crippen LogP contribution in [0.15, 0.2) is 29.3 Å². The number of hydrogen-bond acceptors (Lipinski definition) is 1. The quantitative estimate of drug-likeness (QED) is 0.620. The first-order chi connectivity index (χ1) is 10.2. The highest BCUT2D eigenvalue weighted by atomic mass is 19.4. The second-order valence-electron chi connectivity index (χ2n) is 5.86. The summed E-state index contributed by atoms with van der Waals surface area (Å²) in [5.74, 6) is 0.821. The lowest BCUT2D eigenvalue weighted by atomic mass is 9.96. The van der Waals surface area contributed by atoms with Crippen LogP contribution in [-0.2, 0) is 6.18 Å². The summed E-state index contributed by atoms with van der Waals surface area (Å²) in [7, 11) is 0. The predicted octanol–water partition coefficient (Wildman–Crippen LogP) is 3.76. The van der Waals surface area contributed by atoms with Gasteiger partial charge in [-0.05, 0) is 29.9 Å². The lowest BCUT2D eigenvalue weighted by molar-refractivity contribution is -0.137. The molecule has 3 nitrogen and oxygen atoms in total. The van der Waals surface area contributed by atoms with E-state index in [1.54, 1.807) is 6.07 Å². The standard InChI is InChI=1S/C16H24F3N3/c1-11(2)10-22-15(20)21-8-7-12(3)13-5-4-6-14(9-13)16(17,18)19/h4-6,9,11-12H,7-8,10H2,1-3H3,(H3,20,21,22). The summed E-state index contributed by atoms with van der Waals surface area (Å²) in [6, 6.07) is 5.46. The molecule has 124 valence electrons. The highest BCUT2D eigenvalue weighted by Gasteiger charge is 2.30. The van der Waals surface area contributed by atoms with Crippen LogP contribution in [0.5, 0.6) is 0 Å². The molecule has 0 saturated heterocycles. The third-order valence-corrected chi connectivity index (χ3v) is 3.29. The third-order valence-electron chi connectivity index (χ3n) is 3.29. The van der Waals surface area contributed by atoms with Crippen LogP contribution >= 0.6 is 0 Å². The molecule has 0 aliphatic rings. The summed E-state index contributed by atoms with van der Waals surface area (Å²) in [6.07, 6.45) is -3.62. The lowest BCUT2D eigenvalue weighted by Gasteiger charge is -2.15. The fourth-order valence-electron chi connectivity index (χ4n) is 1.94. The second-order valence-corrected chi connectivity index (χ2v) is 5.86. The molecule has 0 fully saturated rings. The van der Waals surface area contributed by atoms with Gasteiger partial charge in [0.2, 0.25) is 0 Å². The lowest BCUT2D eigenvalue weighted by Crippen LogP contribution is -2.33. The molecule has 6 heteroatoms. The van der Waals surface area contributed by atoms with E-state index in [0.717, 1.165) is 6.07 Å². The number of aliphatic imine (C=N–C) groups is 1. The van der Waals surface area contributed by atoms with Crippen LogP contribution in [-0.4, -0.2) is 19.0 Å². The van der Waals surface area contributed by atoms with Crippen molar-refractivity contribution >= 4 is 5.96 Å². The van der Waals surface area contributed by atoms with Gasteiger partial charge in [-0.1, -0.05) is 39.0 Å². The van der Waals surface area contributed by atoms with E-state index in [4.69, 9.17) is 5.73 Å². The number of nitrogens with one attached hydrogen (secondary N) is 1. The number of nitrogens with zero attached hydrogens (tertiary/aromatic N) is 1. The summed E-state index contributed by atoms with van der Waals surface area (Å²) in [5.41, 5.74) is 5.79. The molecular formula is C16H24F3N3. The largest absolute Gasteiger partial charge is 0.416 e. The zero-order valence-electron chi connectivity index (χ0n) is 13.2. The Morgan fingerprint density at radius 3 is 2.55 bits per heavy atom. The Hall–Kier alpha value is -1.72. The van der Waals surface area contributed by atoms with E-state index in [-0.39, 0.29) is 5.92 Å². The summed E-state index contributed by atoms with van der Waals surface area (Å²) in [5, 5.41) is 2.99. The molecule has 3 N–H and O–H groups in total. The predicted molar refractivity (Wildman–Crippen MR) is 83.8 cm³/mol. The van der Waals surface area contributed by atoms with Crippen molar-refractivity contribution in [3.63, 3.8) is 0 Å². The zero-order valence-corrected chi connectivity index (χ0v) is 13.2. The summed E-state index contributed by atoms with van der Waals surface area (Å²) < 4.78 is 38.1. The molecule has 0 aromatic heterocycles. The number of alkyl halides is 3. The first-order valence-corrected chi connectivity index (χ1v) is 7.41. The van der Waals surface area contributed by atoms with Crippen LogP contribution in [0, 0.1) is 5.92 Å². The van der Waals surface area contributed by atoms with Crippen molar-refractivity contribution in [2.75, 3.05) is 13.1 Å². The average Bonchev–Trinajstić information content (AvgIpc) is 2.44. The fraction of sp³-hybridized carbons (Fsp3) is 0.562. The highest BCUT2D eigenvalue weighted by molar-refractivity contribution is 5.77. The normalized spacial score (nSPS) is 14.2. The van der Waals surface area contributed by atoms with Crippen LogP contribution in [0.25, 0.3) is 0 Å². The Balaban J connectivity index is 2.52. The van der Waals surface area contributed by atoms with E-state index in [2.05, 4.69) is 10.3 Å². The Morgan fingerprint density at radius 1 is 1.27 bits per heavy atom. The maximum atomic E-state index is 12.7. The number of hydrogen-bond donors (Lipinski definition) is 2. The maximum Gasteiger partial charge on any atom is 0.416 e. The molecule has 22 heavy (non-hydrogen) atoms. The van der Waals surface area contributed by atoms with E-state index in [9.17, 15) is 13.2 Å². The van der Waals surface area contributed by atoms with Crippen molar-refractivity contribution in [1.82, 2.24) is 5.32 Å². The van der Waals surface area contributed by atoms with Crippen LogP contribution in [0.3, 0.4) is 0 Å². The van der Waals surface area contributed by atoms with Crippen molar-refractivity contribution in [2.45, 2.75) is 39.3 Å². The molecule has 1 aromatic carbocycles.